The summed E-state index contributed by atoms with van der Waals surface area (Å²) in [5.41, 5.74) is 1.83. The van der Waals surface area contributed by atoms with E-state index < -0.39 is 0 Å². The molecule has 1 rings (SSSR count). The smallest absolute Gasteiger partial charge is 0.251 e. The van der Waals surface area contributed by atoms with E-state index in [1.807, 2.05) is 38.1 Å². The third-order valence-corrected chi connectivity index (χ3v) is 3.28. The fraction of sp³-hybridized carbons (Fsp3) is 0.500. The molecular weight excluding hydrogens is 246 g/mol. The van der Waals surface area contributed by atoms with Crippen molar-refractivity contribution in [2.75, 3.05) is 0 Å². The molecule has 0 aliphatic rings. The molecule has 0 spiro atoms. The predicted molar refractivity (Wildman–Crippen MR) is 86.8 cm³/mol. The second-order valence-electron chi connectivity index (χ2n) is 7.01. The summed E-state index contributed by atoms with van der Waals surface area (Å²) >= 11 is 0. The highest BCUT2D eigenvalue weighted by Crippen LogP contribution is 2.17. The largest absolute Gasteiger partial charge is 0.347 e. The van der Waals surface area contributed by atoms with E-state index in [2.05, 4.69) is 45.2 Å². The molecule has 110 valence electrons. The first-order chi connectivity index (χ1) is 9.13. The first kappa shape index (κ1) is 16.5. The molecular formula is C18H27NO. The van der Waals surface area contributed by atoms with Crippen LogP contribution in [-0.4, -0.2) is 11.4 Å². The van der Waals surface area contributed by atoms with E-state index in [0.717, 1.165) is 12.0 Å². The summed E-state index contributed by atoms with van der Waals surface area (Å²) < 4.78 is 0. The van der Waals surface area contributed by atoms with E-state index >= 15 is 0 Å². The van der Waals surface area contributed by atoms with Gasteiger partial charge >= 0.3 is 0 Å². The Balaban J connectivity index is 2.77. The number of carbonyl (C=O) groups excluding carboxylic acids is 1. The highest BCUT2D eigenvalue weighted by Gasteiger charge is 2.18. The minimum absolute atomic E-state index is 0.0109. The minimum atomic E-state index is -0.165. The molecule has 1 aromatic carbocycles. The van der Waals surface area contributed by atoms with Gasteiger partial charge in [-0.25, -0.2) is 0 Å². The molecule has 1 amide bonds. The summed E-state index contributed by atoms with van der Waals surface area (Å²) in [6.45, 7) is 12.6. The number of carbonyl (C=O) groups is 1. The van der Waals surface area contributed by atoms with Crippen LogP contribution in [0.3, 0.4) is 0 Å². The van der Waals surface area contributed by atoms with Crippen LogP contribution in [0.5, 0.6) is 0 Å². The van der Waals surface area contributed by atoms with Crippen LogP contribution in [0, 0.1) is 5.41 Å². The molecule has 0 atom stereocenters. The lowest BCUT2D eigenvalue weighted by molar-refractivity contribution is 0.0911. The van der Waals surface area contributed by atoms with Crippen LogP contribution in [0.15, 0.2) is 30.3 Å². The minimum Gasteiger partial charge on any atom is -0.347 e. The van der Waals surface area contributed by atoms with E-state index in [-0.39, 0.29) is 16.9 Å². The number of hydrogen-bond acceptors (Lipinski definition) is 1. The molecule has 0 saturated heterocycles. The van der Waals surface area contributed by atoms with Gasteiger partial charge in [0.25, 0.3) is 5.91 Å². The second-order valence-corrected chi connectivity index (χ2v) is 7.01. The van der Waals surface area contributed by atoms with Gasteiger partial charge in [0.15, 0.2) is 0 Å². The zero-order valence-corrected chi connectivity index (χ0v) is 13.6. The Morgan fingerprint density at radius 1 is 1.10 bits per heavy atom. The number of rotatable bonds is 4. The topological polar surface area (TPSA) is 29.1 Å². The Labute approximate surface area is 123 Å². The van der Waals surface area contributed by atoms with Gasteiger partial charge in [0.05, 0.1) is 0 Å². The average molecular weight is 273 g/mol. The van der Waals surface area contributed by atoms with Crippen LogP contribution in [0.2, 0.25) is 0 Å². The highest BCUT2D eigenvalue weighted by atomic mass is 16.1. The maximum Gasteiger partial charge on any atom is 0.251 e. The van der Waals surface area contributed by atoms with Crippen molar-refractivity contribution in [1.29, 1.82) is 0 Å². The number of amides is 1. The van der Waals surface area contributed by atoms with Gasteiger partial charge in [-0.2, -0.15) is 0 Å². The Hall–Kier alpha value is -1.57. The van der Waals surface area contributed by atoms with Crippen molar-refractivity contribution >= 4 is 12.0 Å². The standard InChI is InChI=1S/C18H27NO/c1-7-18(5,6)19-16(20)15-10-8-14(9-11-15)12-13-17(2,3)4/h8-13H,7H2,1-6H3,(H,19,20). The van der Waals surface area contributed by atoms with Crippen molar-refractivity contribution < 1.29 is 4.79 Å². The van der Waals surface area contributed by atoms with Gasteiger partial charge in [-0.15, -0.1) is 0 Å². The van der Waals surface area contributed by atoms with E-state index in [1.165, 1.54) is 0 Å². The fourth-order valence-corrected chi connectivity index (χ4v) is 1.56. The Kier molecular flexibility index (Phi) is 5.15. The summed E-state index contributed by atoms with van der Waals surface area (Å²) in [4.78, 5) is 12.1. The van der Waals surface area contributed by atoms with Crippen molar-refractivity contribution in [2.24, 2.45) is 5.41 Å². The third kappa shape index (κ3) is 5.60. The molecule has 2 nitrogen and oxygen atoms in total. The maximum atomic E-state index is 12.1. The summed E-state index contributed by atoms with van der Waals surface area (Å²) in [5.74, 6) is -0.0109. The molecule has 2 heteroatoms. The lowest BCUT2D eigenvalue weighted by Crippen LogP contribution is -2.42. The van der Waals surface area contributed by atoms with E-state index in [1.54, 1.807) is 0 Å². The van der Waals surface area contributed by atoms with Crippen molar-refractivity contribution in [3.63, 3.8) is 0 Å². The lowest BCUT2D eigenvalue weighted by atomic mass is 9.95. The zero-order valence-electron chi connectivity index (χ0n) is 13.6. The summed E-state index contributed by atoms with van der Waals surface area (Å²) in [7, 11) is 0. The van der Waals surface area contributed by atoms with E-state index in [9.17, 15) is 4.79 Å². The molecule has 0 radical (unpaired) electrons. The van der Waals surface area contributed by atoms with Crippen LogP contribution in [0.25, 0.3) is 6.08 Å². The summed E-state index contributed by atoms with van der Waals surface area (Å²) in [5, 5.41) is 3.04. The summed E-state index contributed by atoms with van der Waals surface area (Å²) in [6.07, 6.45) is 5.17. The van der Waals surface area contributed by atoms with Crippen molar-refractivity contribution in [3.8, 4) is 0 Å². The molecule has 0 unspecified atom stereocenters. The number of benzene rings is 1. The Bertz CT molecular complexity index is 475. The van der Waals surface area contributed by atoms with Crippen LogP contribution in [0.4, 0.5) is 0 Å². The number of nitrogens with one attached hydrogen (secondary N) is 1. The quantitative estimate of drug-likeness (QED) is 0.849. The first-order valence-electron chi connectivity index (χ1n) is 7.25. The average Bonchev–Trinajstić information content (AvgIpc) is 2.35. The van der Waals surface area contributed by atoms with Gasteiger partial charge in [-0.3, -0.25) is 4.79 Å². The third-order valence-electron chi connectivity index (χ3n) is 3.28. The van der Waals surface area contributed by atoms with Crippen LogP contribution in [-0.2, 0) is 0 Å². The first-order valence-corrected chi connectivity index (χ1v) is 7.25. The van der Waals surface area contributed by atoms with Gasteiger partial charge in [-0.1, -0.05) is 52.0 Å². The lowest BCUT2D eigenvalue weighted by Gasteiger charge is -2.24. The molecule has 0 aliphatic carbocycles. The van der Waals surface area contributed by atoms with Crippen LogP contribution >= 0.6 is 0 Å². The van der Waals surface area contributed by atoms with Crippen molar-refractivity contribution in [1.82, 2.24) is 5.32 Å². The van der Waals surface area contributed by atoms with Crippen molar-refractivity contribution in [2.45, 2.75) is 53.5 Å². The van der Waals surface area contributed by atoms with Crippen LogP contribution in [0.1, 0.15) is 63.9 Å². The monoisotopic (exact) mass is 273 g/mol. The van der Waals surface area contributed by atoms with Gasteiger partial charge in [0, 0.05) is 11.1 Å². The Morgan fingerprint density at radius 3 is 2.10 bits per heavy atom. The predicted octanol–water partition coefficient (Wildman–Crippen LogP) is 4.66. The Morgan fingerprint density at radius 2 is 1.65 bits per heavy atom. The zero-order chi connectivity index (χ0) is 15.4. The van der Waals surface area contributed by atoms with E-state index in [0.29, 0.717) is 5.56 Å². The number of hydrogen-bond donors (Lipinski definition) is 1. The maximum absolute atomic E-state index is 12.1. The molecule has 1 N–H and O–H groups in total. The summed E-state index contributed by atoms with van der Waals surface area (Å²) in [6, 6.07) is 7.72. The fourth-order valence-electron chi connectivity index (χ4n) is 1.56. The SMILES string of the molecule is CCC(C)(C)NC(=O)c1ccc(C=CC(C)(C)C)cc1. The van der Waals surface area contributed by atoms with Crippen LogP contribution < -0.4 is 5.32 Å². The van der Waals surface area contributed by atoms with Crippen molar-refractivity contribution in [3.05, 3.63) is 41.5 Å². The van der Waals surface area contributed by atoms with Gasteiger partial charge in [-0.05, 0) is 43.4 Å². The second kappa shape index (κ2) is 6.25. The molecule has 0 saturated carbocycles. The molecule has 20 heavy (non-hydrogen) atoms. The normalized spacial score (nSPS) is 12.7. The van der Waals surface area contributed by atoms with Gasteiger partial charge in [0.1, 0.15) is 0 Å². The molecule has 0 aliphatic heterocycles. The number of allylic oxidation sites excluding steroid dienone is 1. The van der Waals surface area contributed by atoms with Gasteiger partial charge in [0.2, 0.25) is 0 Å². The van der Waals surface area contributed by atoms with Gasteiger partial charge < -0.3 is 5.32 Å². The molecule has 1 aromatic rings. The molecule has 0 fully saturated rings. The molecule has 0 aromatic heterocycles. The highest BCUT2D eigenvalue weighted by molar-refractivity contribution is 5.94. The molecule has 0 heterocycles. The van der Waals surface area contributed by atoms with E-state index in [4.69, 9.17) is 0 Å². The molecule has 0 bridgehead atoms.